The van der Waals surface area contributed by atoms with Crippen molar-refractivity contribution in [3.8, 4) is 0 Å². The summed E-state index contributed by atoms with van der Waals surface area (Å²) in [6, 6.07) is 16.9. The van der Waals surface area contributed by atoms with Crippen LogP contribution in [0.5, 0.6) is 0 Å². The number of alkyl halides is 1. The third kappa shape index (κ3) is 4.34. The Bertz CT molecular complexity index is 1100. The number of ether oxygens (including phenoxy) is 1. The average Bonchev–Trinajstić information content (AvgIpc) is 2.84. The van der Waals surface area contributed by atoms with E-state index >= 15 is 0 Å². The van der Waals surface area contributed by atoms with E-state index in [4.69, 9.17) is 4.74 Å². The number of benzene rings is 3. The topological polar surface area (TPSA) is 41.6 Å². The van der Waals surface area contributed by atoms with Gasteiger partial charge in [0.05, 0.1) is 0 Å². The summed E-state index contributed by atoms with van der Waals surface area (Å²) in [5, 5.41) is 2.74. The van der Waals surface area contributed by atoms with Crippen LogP contribution in [0.25, 0.3) is 0 Å². The SMILES string of the molecule is O=C(Nc1cc2c3c(c1)C(c1ccc(F)cc1)CCN3CCC2c1ccc(F)cc1)OCCF. The summed E-state index contributed by atoms with van der Waals surface area (Å²) in [6.45, 7) is 0.665. The maximum absolute atomic E-state index is 13.6. The van der Waals surface area contributed by atoms with Crippen LogP contribution in [-0.2, 0) is 4.74 Å². The number of amides is 1. The number of halogens is 3. The number of nitrogens with one attached hydrogen (secondary N) is 1. The standard InChI is InChI=1S/C27H25F3N2O2/c28-11-14-34-27(33)31-21-15-24-22(17-1-5-19(29)6-2-17)9-12-32-13-10-23(25(16-21)26(24)32)18-3-7-20(30)8-4-18/h1-8,15-16,22-23H,9-14H2,(H,31,33). The van der Waals surface area contributed by atoms with Crippen LogP contribution in [0.2, 0.25) is 0 Å². The van der Waals surface area contributed by atoms with E-state index in [1.165, 1.54) is 24.3 Å². The first-order valence-corrected chi connectivity index (χ1v) is 11.5. The average molecular weight is 467 g/mol. The molecule has 3 aromatic carbocycles. The Labute approximate surface area is 196 Å². The van der Waals surface area contributed by atoms with E-state index in [-0.39, 0.29) is 30.1 Å². The van der Waals surface area contributed by atoms with Crippen LogP contribution < -0.4 is 10.2 Å². The van der Waals surface area contributed by atoms with Gasteiger partial charge in [0.15, 0.2) is 0 Å². The predicted molar refractivity (Wildman–Crippen MR) is 125 cm³/mol. The minimum Gasteiger partial charge on any atom is -0.447 e. The molecule has 2 aliphatic heterocycles. The molecular formula is C27H25F3N2O2. The van der Waals surface area contributed by atoms with Crippen molar-refractivity contribution in [1.29, 1.82) is 0 Å². The van der Waals surface area contributed by atoms with Gasteiger partial charge in [0.1, 0.15) is 24.9 Å². The fourth-order valence-electron chi connectivity index (χ4n) is 5.23. The second-order valence-electron chi connectivity index (χ2n) is 8.73. The Morgan fingerprint density at radius 3 is 1.85 bits per heavy atom. The molecule has 7 heteroatoms. The highest BCUT2D eigenvalue weighted by atomic mass is 19.1. The number of rotatable bonds is 5. The lowest BCUT2D eigenvalue weighted by Gasteiger charge is -2.43. The van der Waals surface area contributed by atoms with E-state index < -0.39 is 12.8 Å². The first kappa shape index (κ1) is 22.3. The molecule has 176 valence electrons. The second kappa shape index (κ2) is 9.41. The maximum atomic E-state index is 13.6. The minimum absolute atomic E-state index is 0.0289. The summed E-state index contributed by atoms with van der Waals surface area (Å²) < 4.78 is 44.5. The first-order valence-electron chi connectivity index (χ1n) is 11.5. The monoisotopic (exact) mass is 466 g/mol. The van der Waals surface area contributed by atoms with E-state index in [0.717, 1.165) is 53.9 Å². The summed E-state index contributed by atoms with van der Waals surface area (Å²) in [5.41, 5.74) is 5.77. The fraction of sp³-hybridized carbons (Fsp3) is 0.296. The summed E-state index contributed by atoms with van der Waals surface area (Å²) in [5.74, 6) is -0.515. The van der Waals surface area contributed by atoms with E-state index in [1.54, 1.807) is 24.3 Å². The van der Waals surface area contributed by atoms with Gasteiger partial charge in [0.25, 0.3) is 0 Å². The molecule has 2 atom stereocenters. The molecular weight excluding hydrogens is 441 g/mol. The fourth-order valence-corrected chi connectivity index (χ4v) is 5.23. The Morgan fingerprint density at radius 1 is 0.882 bits per heavy atom. The lowest BCUT2D eigenvalue weighted by atomic mass is 9.76. The van der Waals surface area contributed by atoms with Gasteiger partial charge in [0.2, 0.25) is 0 Å². The zero-order valence-corrected chi connectivity index (χ0v) is 18.6. The smallest absolute Gasteiger partial charge is 0.411 e. The van der Waals surface area contributed by atoms with E-state index in [1.807, 2.05) is 12.1 Å². The molecule has 34 heavy (non-hydrogen) atoms. The first-order chi connectivity index (χ1) is 16.5. The van der Waals surface area contributed by atoms with Crippen LogP contribution in [0.3, 0.4) is 0 Å². The molecule has 1 amide bonds. The van der Waals surface area contributed by atoms with Crippen molar-refractivity contribution in [3.05, 3.63) is 94.6 Å². The van der Waals surface area contributed by atoms with E-state index in [9.17, 15) is 18.0 Å². The van der Waals surface area contributed by atoms with E-state index in [0.29, 0.717) is 5.69 Å². The Morgan fingerprint density at radius 2 is 1.38 bits per heavy atom. The van der Waals surface area contributed by atoms with Crippen molar-refractivity contribution < 1.29 is 22.7 Å². The molecule has 5 rings (SSSR count). The quantitative estimate of drug-likeness (QED) is 0.476. The van der Waals surface area contributed by atoms with Crippen molar-refractivity contribution in [2.45, 2.75) is 24.7 Å². The molecule has 0 saturated heterocycles. The van der Waals surface area contributed by atoms with Crippen LogP contribution in [-0.4, -0.2) is 32.5 Å². The zero-order chi connectivity index (χ0) is 23.7. The van der Waals surface area contributed by atoms with E-state index in [2.05, 4.69) is 10.2 Å². The summed E-state index contributed by atoms with van der Waals surface area (Å²) >= 11 is 0. The third-order valence-corrected chi connectivity index (χ3v) is 6.71. The predicted octanol–water partition coefficient (Wildman–Crippen LogP) is 6.36. The number of carbonyl (C=O) groups excluding carboxylic acids is 1. The Hall–Kier alpha value is -3.48. The molecule has 0 spiro atoms. The normalized spacial score (nSPS) is 18.9. The van der Waals surface area contributed by atoms with Crippen molar-refractivity contribution in [2.24, 2.45) is 0 Å². The number of carbonyl (C=O) groups is 1. The Balaban J connectivity index is 1.61. The van der Waals surface area contributed by atoms with Gasteiger partial charge < -0.3 is 9.64 Å². The second-order valence-corrected chi connectivity index (χ2v) is 8.73. The minimum atomic E-state index is -0.753. The molecule has 1 N–H and O–H groups in total. The lowest BCUT2D eigenvalue weighted by Crippen LogP contribution is -2.37. The highest BCUT2D eigenvalue weighted by Gasteiger charge is 2.35. The summed E-state index contributed by atoms with van der Waals surface area (Å²) in [4.78, 5) is 14.6. The summed E-state index contributed by atoms with van der Waals surface area (Å²) in [6.07, 6.45) is 0.995. The summed E-state index contributed by atoms with van der Waals surface area (Å²) in [7, 11) is 0. The molecule has 0 fully saturated rings. The van der Waals surface area contributed by atoms with Gasteiger partial charge >= 0.3 is 6.09 Å². The molecule has 2 aliphatic rings. The number of hydrogen-bond acceptors (Lipinski definition) is 3. The molecule has 3 aromatic rings. The van der Waals surface area contributed by atoms with Crippen molar-refractivity contribution in [3.63, 3.8) is 0 Å². The van der Waals surface area contributed by atoms with Crippen molar-refractivity contribution in [2.75, 3.05) is 36.6 Å². The van der Waals surface area contributed by atoms with Gasteiger partial charge in [-0.05, 0) is 71.5 Å². The molecule has 0 radical (unpaired) electrons. The van der Waals surface area contributed by atoms with Crippen LogP contribution in [0.1, 0.15) is 46.9 Å². The number of nitrogens with zero attached hydrogens (tertiary/aromatic N) is 1. The van der Waals surface area contributed by atoms with Gasteiger partial charge in [-0.3, -0.25) is 5.32 Å². The van der Waals surface area contributed by atoms with Crippen molar-refractivity contribution in [1.82, 2.24) is 0 Å². The third-order valence-electron chi connectivity index (χ3n) is 6.71. The lowest BCUT2D eigenvalue weighted by molar-refractivity contribution is 0.152. The van der Waals surface area contributed by atoms with Crippen LogP contribution in [0.4, 0.5) is 29.3 Å². The van der Waals surface area contributed by atoms with Gasteiger partial charge in [-0.1, -0.05) is 24.3 Å². The maximum Gasteiger partial charge on any atom is 0.411 e. The molecule has 0 bridgehead atoms. The highest BCUT2D eigenvalue weighted by Crippen LogP contribution is 2.49. The largest absolute Gasteiger partial charge is 0.447 e. The zero-order valence-electron chi connectivity index (χ0n) is 18.6. The van der Waals surface area contributed by atoms with Crippen molar-refractivity contribution >= 4 is 17.5 Å². The molecule has 2 unspecified atom stereocenters. The highest BCUT2D eigenvalue weighted by molar-refractivity contribution is 5.86. The van der Waals surface area contributed by atoms with Gasteiger partial charge in [-0.2, -0.15) is 0 Å². The van der Waals surface area contributed by atoms with Crippen LogP contribution in [0.15, 0.2) is 60.7 Å². The molecule has 0 saturated carbocycles. The number of anilines is 2. The molecule has 4 nitrogen and oxygen atoms in total. The van der Waals surface area contributed by atoms with Crippen LogP contribution in [0, 0.1) is 11.6 Å². The number of hydrogen-bond donors (Lipinski definition) is 1. The molecule has 0 aromatic heterocycles. The Kier molecular flexibility index (Phi) is 6.18. The molecule has 0 aliphatic carbocycles. The van der Waals surface area contributed by atoms with Gasteiger partial charge in [-0.25, -0.2) is 18.0 Å². The van der Waals surface area contributed by atoms with Crippen LogP contribution >= 0.6 is 0 Å². The molecule has 2 heterocycles. The van der Waals surface area contributed by atoms with Gasteiger partial charge in [-0.15, -0.1) is 0 Å². The van der Waals surface area contributed by atoms with Gasteiger partial charge in [0, 0.05) is 36.3 Å².